The lowest BCUT2D eigenvalue weighted by molar-refractivity contribution is -0.118. The molecule has 0 amide bonds. The number of carbonyl (C=O) groups is 1. The van der Waals surface area contributed by atoms with E-state index in [1.54, 1.807) is 12.4 Å². The van der Waals surface area contributed by atoms with Gasteiger partial charge in [0.25, 0.3) is 0 Å². The van der Waals surface area contributed by atoms with E-state index in [0.717, 1.165) is 12.1 Å². The Hall–Kier alpha value is -1.22. The fraction of sp³-hybridized carbons (Fsp3) is 0.500. The van der Waals surface area contributed by atoms with Gasteiger partial charge in [0.05, 0.1) is 0 Å². The van der Waals surface area contributed by atoms with Crippen LogP contribution in [0, 0.1) is 0 Å². The fourth-order valence-corrected chi connectivity index (χ4v) is 1.32. The second-order valence-electron chi connectivity index (χ2n) is 3.94. The third kappa shape index (κ3) is 5.27. The Morgan fingerprint density at radius 2 is 2.33 bits per heavy atom. The fourth-order valence-electron chi connectivity index (χ4n) is 1.32. The van der Waals surface area contributed by atoms with E-state index in [2.05, 4.69) is 24.1 Å². The first kappa shape index (κ1) is 11.9. The second-order valence-corrected chi connectivity index (χ2v) is 3.94. The molecule has 0 aliphatic rings. The molecule has 1 N–H and O–H groups in total. The van der Waals surface area contributed by atoms with E-state index in [4.69, 9.17) is 0 Å². The Kier molecular flexibility index (Phi) is 4.98. The summed E-state index contributed by atoms with van der Waals surface area (Å²) < 4.78 is 0. The van der Waals surface area contributed by atoms with Crippen LogP contribution in [-0.2, 0) is 11.2 Å². The zero-order valence-corrected chi connectivity index (χ0v) is 9.36. The molecule has 0 spiro atoms. The molecule has 0 bridgehead atoms. The van der Waals surface area contributed by atoms with E-state index >= 15 is 0 Å². The van der Waals surface area contributed by atoms with Gasteiger partial charge in [0.1, 0.15) is 5.78 Å². The average molecular weight is 206 g/mol. The minimum atomic E-state index is 0.260. The molecule has 15 heavy (non-hydrogen) atoms. The predicted molar refractivity (Wildman–Crippen MR) is 60.7 cm³/mol. The van der Waals surface area contributed by atoms with Crippen LogP contribution in [0.3, 0.4) is 0 Å². The molecule has 0 fully saturated rings. The Morgan fingerprint density at radius 3 is 2.93 bits per heavy atom. The van der Waals surface area contributed by atoms with Crippen LogP contribution in [0.5, 0.6) is 0 Å². The number of Topliss-reactive ketones (excluding diaryl/α,β-unsaturated/α-hetero) is 1. The van der Waals surface area contributed by atoms with Crippen molar-refractivity contribution < 1.29 is 4.79 Å². The van der Waals surface area contributed by atoms with E-state index < -0.39 is 0 Å². The van der Waals surface area contributed by atoms with Crippen molar-refractivity contribution in [2.75, 3.05) is 6.54 Å². The predicted octanol–water partition coefficient (Wildman–Crippen LogP) is 1.58. The van der Waals surface area contributed by atoms with Gasteiger partial charge in [-0.25, -0.2) is 0 Å². The van der Waals surface area contributed by atoms with Crippen LogP contribution in [0.25, 0.3) is 0 Å². The third-order valence-electron chi connectivity index (χ3n) is 2.08. The van der Waals surface area contributed by atoms with Gasteiger partial charge in [-0.3, -0.25) is 9.78 Å². The number of hydrogen-bond donors (Lipinski definition) is 1. The quantitative estimate of drug-likeness (QED) is 0.768. The first-order chi connectivity index (χ1) is 7.18. The SMILES string of the molecule is CC(C)NCCC(=O)Cc1cccnc1. The second kappa shape index (κ2) is 6.30. The van der Waals surface area contributed by atoms with Crippen LogP contribution in [0.15, 0.2) is 24.5 Å². The van der Waals surface area contributed by atoms with E-state index in [9.17, 15) is 4.79 Å². The highest BCUT2D eigenvalue weighted by molar-refractivity contribution is 5.80. The van der Waals surface area contributed by atoms with Crippen molar-refractivity contribution in [1.29, 1.82) is 0 Å². The molecular formula is C12H18N2O. The van der Waals surface area contributed by atoms with Gasteiger partial charge in [0.15, 0.2) is 0 Å². The summed E-state index contributed by atoms with van der Waals surface area (Å²) in [6.45, 7) is 4.91. The highest BCUT2D eigenvalue weighted by atomic mass is 16.1. The van der Waals surface area contributed by atoms with Gasteiger partial charge in [-0.1, -0.05) is 19.9 Å². The Bertz CT molecular complexity index is 296. The lowest BCUT2D eigenvalue weighted by atomic mass is 10.1. The van der Waals surface area contributed by atoms with Crippen LogP contribution in [0.2, 0.25) is 0 Å². The summed E-state index contributed by atoms with van der Waals surface area (Å²) in [4.78, 5) is 15.5. The maximum absolute atomic E-state index is 11.5. The topological polar surface area (TPSA) is 42.0 Å². The van der Waals surface area contributed by atoms with Crippen molar-refractivity contribution in [3.8, 4) is 0 Å². The number of pyridine rings is 1. The zero-order valence-electron chi connectivity index (χ0n) is 9.36. The molecule has 1 aromatic heterocycles. The summed E-state index contributed by atoms with van der Waals surface area (Å²) in [6, 6.07) is 4.23. The first-order valence-electron chi connectivity index (χ1n) is 5.32. The van der Waals surface area contributed by atoms with Crippen LogP contribution in [0.1, 0.15) is 25.8 Å². The van der Waals surface area contributed by atoms with Crippen LogP contribution in [0.4, 0.5) is 0 Å². The van der Waals surface area contributed by atoms with Gasteiger partial charge in [-0.15, -0.1) is 0 Å². The maximum Gasteiger partial charge on any atom is 0.138 e. The van der Waals surface area contributed by atoms with Crippen molar-refractivity contribution in [3.63, 3.8) is 0 Å². The van der Waals surface area contributed by atoms with Crippen molar-refractivity contribution in [3.05, 3.63) is 30.1 Å². The van der Waals surface area contributed by atoms with E-state index in [1.807, 2.05) is 12.1 Å². The summed E-state index contributed by atoms with van der Waals surface area (Å²) in [5, 5.41) is 3.23. The molecule has 1 aromatic rings. The highest BCUT2D eigenvalue weighted by Crippen LogP contribution is 1.99. The van der Waals surface area contributed by atoms with Gasteiger partial charge in [-0.2, -0.15) is 0 Å². The smallest absolute Gasteiger partial charge is 0.138 e. The number of nitrogens with zero attached hydrogens (tertiary/aromatic N) is 1. The summed E-state index contributed by atoms with van der Waals surface area (Å²) in [5.74, 6) is 0.260. The minimum Gasteiger partial charge on any atom is -0.314 e. The summed E-state index contributed by atoms with van der Waals surface area (Å²) in [7, 11) is 0. The molecule has 0 saturated carbocycles. The van der Waals surface area contributed by atoms with Crippen molar-refractivity contribution in [2.24, 2.45) is 0 Å². The number of ketones is 1. The van der Waals surface area contributed by atoms with Crippen molar-refractivity contribution in [1.82, 2.24) is 10.3 Å². The summed E-state index contributed by atoms with van der Waals surface area (Å²) in [5.41, 5.74) is 0.993. The number of nitrogens with one attached hydrogen (secondary N) is 1. The van der Waals surface area contributed by atoms with Crippen LogP contribution in [-0.4, -0.2) is 23.4 Å². The van der Waals surface area contributed by atoms with Crippen molar-refractivity contribution in [2.45, 2.75) is 32.7 Å². The van der Waals surface area contributed by atoms with E-state index in [-0.39, 0.29) is 5.78 Å². The molecular weight excluding hydrogens is 188 g/mol. The summed E-state index contributed by atoms with van der Waals surface area (Å²) >= 11 is 0. The number of hydrogen-bond acceptors (Lipinski definition) is 3. The zero-order chi connectivity index (χ0) is 11.1. The molecule has 0 atom stereocenters. The maximum atomic E-state index is 11.5. The molecule has 82 valence electrons. The molecule has 0 aliphatic carbocycles. The molecule has 0 aromatic carbocycles. The first-order valence-corrected chi connectivity index (χ1v) is 5.32. The molecule has 3 heteroatoms. The molecule has 0 unspecified atom stereocenters. The van der Waals surface area contributed by atoms with Gasteiger partial charge >= 0.3 is 0 Å². The lowest BCUT2D eigenvalue weighted by Crippen LogP contribution is -2.25. The molecule has 1 rings (SSSR count). The number of aromatic nitrogens is 1. The molecule has 0 saturated heterocycles. The van der Waals surface area contributed by atoms with E-state index in [1.165, 1.54) is 0 Å². The van der Waals surface area contributed by atoms with E-state index in [0.29, 0.717) is 18.9 Å². The van der Waals surface area contributed by atoms with Gasteiger partial charge in [-0.05, 0) is 11.6 Å². The number of carbonyl (C=O) groups excluding carboxylic acids is 1. The monoisotopic (exact) mass is 206 g/mol. The molecule has 0 radical (unpaired) electrons. The highest BCUT2D eigenvalue weighted by Gasteiger charge is 2.03. The van der Waals surface area contributed by atoms with Gasteiger partial charge in [0, 0.05) is 37.8 Å². The lowest BCUT2D eigenvalue weighted by Gasteiger charge is -2.06. The standard InChI is InChI=1S/C12H18N2O/c1-10(2)14-7-5-12(15)8-11-4-3-6-13-9-11/h3-4,6,9-10,14H,5,7-8H2,1-2H3. The summed E-state index contributed by atoms with van der Waals surface area (Å²) in [6.07, 6.45) is 4.54. The van der Waals surface area contributed by atoms with Crippen LogP contribution >= 0.6 is 0 Å². The van der Waals surface area contributed by atoms with Gasteiger partial charge in [0.2, 0.25) is 0 Å². The normalized spacial score (nSPS) is 10.6. The van der Waals surface area contributed by atoms with Crippen LogP contribution < -0.4 is 5.32 Å². The Balaban J connectivity index is 2.25. The molecule has 1 heterocycles. The number of rotatable bonds is 6. The Morgan fingerprint density at radius 1 is 1.53 bits per heavy atom. The van der Waals surface area contributed by atoms with Crippen molar-refractivity contribution >= 4 is 5.78 Å². The van der Waals surface area contributed by atoms with Gasteiger partial charge < -0.3 is 5.32 Å². The minimum absolute atomic E-state index is 0.260. The molecule has 3 nitrogen and oxygen atoms in total. The largest absolute Gasteiger partial charge is 0.314 e. The molecule has 0 aliphatic heterocycles. The average Bonchev–Trinajstić information content (AvgIpc) is 2.18. The Labute approximate surface area is 90.9 Å². The third-order valence-corrected chi connectivity index (χ3v) is 2.08.